The minimum absolute atomic E-state index is 0.0943. The molecule has 2 heterocycles. The minimum Gasteiger partial charge on any atom is -0.384 e. The van der Waals surface area contributed by atoms with Crippen molar-refractivity contribution in [2.45, 2.75) is 0 Å². The molecule has 2 rings (SSSR count). The molecule has 0 aromatic carbocycles. The van der Waals surface area contributed by atoms with Crippen LogP contribution in [-0.2, 0) is 0 Å². The quantitative estimate of drug-likeness (QED) is 0.859. The SMILES string of the molecule is Nc1ccc(Cl)c(C(=O)Nc2nccs2)n1. The van der Waals surface area contributed by atoms with Gasteiger partial charge in [-0.05, 0) is 12.1 Å². The smallest absolute Gasteiger partial charge is 0.277 e. The second-order valence-corrected chi connectivity index (χ2v) is 4.16. The fourth-order valence-corrected chi connectivity index (χ4v) is 1.77. The number of hydrogen-bond acceptors (Lipinski definition) is 5. The van der Waals surface area contributed by atoms with Crippen molar-refractivity contribution in [1.29, 1.82) is 0 Å². The molecule has 0 spiro atoms. The Kier molecular flexibility index (Phi) is 3.02. The van der Waals surface area contributed by atoms with Crippen molar-refractivity contribution in [2.24, 2.45) is 0 Å². The summed E-state index contributed by atoms with van der Waals surface area (Å²) >= 11 is 7.15. The van der Waals surface area contributed by atoms with E-state index in [0.717, 1.165) is 0 Å². The predicted octanol–water partition coefficient (Wildman–Crippen LogP) is 2.03. The Balaban J connectivity index is 2.24. The van der Waals surface area contributed by atoms with Gasteiger partial charge in [0, 0.05) is 11.6 Å². The lowest BCUT2D eigenvalue weighted by Crippen LogP contribution is -2.14. The molecule has 0 saturated carbocycles. The number of aromatic nitrogens is 2. The van der Waals surface area contributed by atoms with Crippen LogP contribution in [0.1, 0.15) is 10.5 Å². The zero-order valence-corrected chi connectivity index (χ0v) is 9.55. The van der Waals surface area contributed by atoms with E-state index in [-0.39, 0.29) is 16.5 Å². The van der Waals surface area contributed by atoms with Crippen LogP contribution in [0.5, 0.6) is 0 Å². The maximum absolute atomic E-state index is 11.7. The fourth-order valence-electron chi connectivity index (χ4n) is 1.06. The number of pyridine rings is 1. The van der Waals surface area contributed by atoms with Crippen LogP contribution in [0.2, 0.25) is 5.02 Å². The number of nitrogens with two attached hydrogens (primary N) is 1. The lowest BCUT2D eigenvalue weighted by molar-refractivity contribution is 0.102. The summed E-state index contributed by atoms with van der Waals surface area (Å²) in [4.78, 5) is 19.5. The Morgan fingerprint density at radius 3 is 3.00 bits per heavy atom. The van der Waals surface area contributed by atoms with Crippen molar-refractivity contribution in [3.05, 3.63) is 34.4 Å². The van der Waals surface area contributed by atoms with Gasteiger partial charge in [-0.1, -0.05) is 11.6 Å². The molecule has 0 saturated heterocycles. The minimum atomic E-state index is -0.424. The summed E-state index contributed by atoms with van der Waals surface area (Å²) in [6.45, 7) is 0. The molecule has 0 unspecified atom stereocenters. The number of hydrogen-bond donors (Lipinski definition) is 2. The number of carbonyl (C=O) groups is 1. The molecule has 1 amide bonds. The van der Waals surface area contributed by atoms with E-state index in [4.69, 9.17) is 17.3 Å². The predicted molar refractivity (Wildman–Crippen MR) is 63.7 cm³/mol. The lowest BCUT2D eigenvalue weighted by Gasteiger charge is -2.03. The van der Waals surface area contributed by atoms with Crippen molar-refractivity contribution in [3.63, 3.8) is 0 Å². The van der Waals surface area contributed by atoms with Gasteiger partial charge in [0.15, 0.2) is 5.13 Å². The van der Waals surface area contributed by atoms with Gasteiger partial charge in [-0.15, -0.1) is 11.3 Å². The summed E-state index contributed by atoms with van der Waals surface area (Å²) < 4.78 is 0. The Morgan fingerprint density at radius 1 is 1.50 bits per heavy atom. The zero-order valence-electron chi connectivity index (χ0n) is 7.98. The lowest BCUT2D eigenvalue weighted by atomic mass is 10.3. The highest BCUT2D eigenvalue weighted by molar-refractivity contribution is 7.13. The Bertz CT molecular complexity index is 514. The number of anilines is 2. The fraction of sp³-hybridized carbons (Fsp3) is 0. The molecule has 0 aliphatic carbocycles. The maximum atomic E-state index is 11.7. The summed E-state index contributed by atoms with van der Waals surface area (Å²) in [7, 11) is 0. The summed E-state index contributed by atoms with van der Waals surface area (Å²) in [6, 6.07) is 3.06. The van der Waals surface area contributed by atoms with Crippen LogP contribution < -0.4 is 11.1 Å². The summed E-state index contributed by atoms with van der Waals surface area (Å²) in [6.07, 6.45) is 1.59. The van der Waals surface area contributed by atoms with Gasteiger partial charge in [0.05, 0.1) is 5.02 Å². The Labute approximate surface area is 100 Å². The maximum Gasteiger partial charge on any atom is 0.277 e. The first-order chi connectivity index (χ1) is 7.66. The molecule has 0 fully saturated rings. The van der Waals surface area contributed by atoms with E-state index >= 15 is 0 Å². The van der Waals surface area contributed by atoms with Crippen molar-refractivity contribution in [1.82, 2.24) is 9.97 Å². The largest absolute Gasteiger partial charge is 0.384 e. The van der Waals surface area contributed by atoms with Gasteiger partial charge in [0.2, 0.25) is 0 Å². The molecule has 0 radical (unpaired) electrons. The second-order valence-electron chi connectivity index (χ2n) is 2.86. The third-order valence-electron chi connectivity index (χ3n) is 1.74. The number of halogens is 1. The van der Waals surface area contributed by atoms with Crippen LogP contribution in [0, 0.1) is 0 Å². The molecule has 3 N–H and O–H groups in total. The number of thiazole rings is 1. The highest BCUT2D eigenvalue weighted by Crippen LogP contribution is 2.18. The van der Waals surface area contributed by atoms with E-state index in [1.807, 2.05) is 0 Å². The molecular formula is C9H7ClN4OS. The molecule has 2 aromatic heterocycles. The Morgan fingerprint density at radius 2 is 2.31 bits per heavy atom. The van der Waals surface area contributed by atoms with Crippen LogP contribution in [0.25, 0.3) is 0 Å². The summed E-state index contributed by atoms with van der Waals surface area (Å²) in [5.41, 5.74) is 5.57. The number of nitrogens with one attached hydrogen (secondary N) is 1. The van der Waals surface area contributed by atoms with Crippen LogP contribution in [0.15, 0.2) is 23.7 Å². The molecule has 5 nitrogen and oxygen atoms in total. The van der Waals surface area contributed by atoms with E-state index in [1.54, 1.807) is 11.6 Å². The van der Waals surface area contributed by atoms with E-state index in [1.165, 1.54) is 23.5 Å². The van der Waals surface area contributed by atoms with Crippen molar-refractivity contribution < 1.29 is 4.79 Å². The van der Waals surface area contributed by atoms with Gasteiger partial charge >= 0.3 is 0 Å². The molecule has 0 atom stereocenters. The molecule has 7 heteroatoms. The highest BCUT2D eigenvalue weighted by atomic mass is 35.5. The standard InChI is InChI=1S/C9H7ClN4OS/c10-5-1-2-6(11)13-7(5)8(15)14-9-12-3-4-16-9/h1-4H,(H2,11,13)(H,12,14,15). The van der Waals surface area contributed by atoms with Crippen molar-refractivity contribution >= 4 is 39.8 Å². The highest BCUT2D eigenvalue weighted by Gasteiger charge is 2.13. The number of nitrogen functional groups attached to an aromatic ring is 1. The molecule has 16 heavy (non-hydrogen) atoms. The van der Waals surface area contributed by atoms with Gasteiger partial charge in [-0.3, -0.25) is 10.1 Å². The summed E-state index contributed by atoms with van der Waals surface area (Å²) in [5.74, 6) is -0.180. The van der Waals surface area contributed by atoms with Gasteiger partial charge in [0.25, 0.3) is 5.91 Å². The molecule has 0 aliphatic heterocycles. The third-order valence-corrected chi connectivity index (χ3v) is 2.73. The van der Waals surface area contributed by atoms with Crippen molar-refractivity contribution in [3.8, 4) is 0 Å². The first-order valence-corrected chi connectivity index (χ1v) is 5.55. The van der Waals surface area contributed by atoms with Crippen LogP contribution in [0.3, 0.4) is 0 Å². The topological polar surface area (TPSA) is 80.9 Å². The van der Waals surface area contributed by atoms with Crippen LogP contribution in [-0.4, -0.2) is 15.9 Å². The Hall–Kier alpha value is -1.66. The van der Waals surface area contributed by atoms with Gasteiger partial charge in [0.1, 0.15) is 11.5 Å². The summed E-state index contributed by atoms with van der Waals surface area (Å²) in [5, 5.41) is 5.07. The molecule has 82 valence electrons. The number of amides is 1. The van der Waals surface area contributed by atoms with Crippen LogP contribution >= 0.6 is 22.9 Å². The molecular weight excluding hydrogens is 248 g/mol. The van der Waals surface area contributed by atoms with E-state index < -0.39 is 5.91 Å². The average molecular weight is 255 g/mol. The monoisotopic (exact) mass is 254 g/mol. The first kappa shape index (κ1) is 10.8. The number of carbonyl (C=O) groups excluding carboxylic acids is 1. The van der Waals surface area contributed by atoms with E-state index in [2.05, 4.69) is 15.3 Å². The van der Waals surface area contributed by atoms with Gasteiger partial charge in [-0.25, -0.2) is 9.97 Å². The number of rotatable bonds is 2. The average Bonchev–Trinajstić information content (AvgIpc) is 2.74. The van der Waals surface area contributed by atoms with Gasteiger partial charge < -0.3 is 5.73 Å². The van der Waals surface area contributed by atoms with Gasteiger partial charge in [-0.2, -0.15) is 0 Å². The van der Waals surface area contributed by atoms with Crippen LogP contribution in [0.4, 0.5) is 10.9 Å². The van der Waals surface area contributed by atoms with E-state index in [9.17, 15) is 4.79 Å². The normalized spacial score (nSPS) is 10.1. The second kappa shape index (κ2) is 4.46. The van der Waals surface area contributed by atoms with Crippen molar-refractivity contribution in [2.75, 3.05) is 11.1 Å². The molecule has 2 aromatic rings. The third kappa shape index (κ3) is 2.29. The molecule has 0 bridgehead atoms. The van der Waals surface area contributed by atoms with E-state index in [0.29, 0.717) is 5.13 Å². The zero-order chi connectivity index (χ0) is 11.5. The number of nitrogens with zero attached hydrogens (tertiary/aromatic N) is 2. The molecule has 0 aliphatic rings. The first-order valence-electron chi connectivity index (χ1n) is 4.29.